The molecule has 16 N–H and O–H groups in total. The second-order valence-corrected chi connectivity index (χ2v) is 21.0. The van der Waals surface area contributed by atoms with Crippen molar-refractivity contribution in [1.29, 1.82) is 0 Å². The Labute approximate surface area is 557 Å². The maximum atomic E-state index is 13.2. The molecule has 0 unspecified atom stereocenters. The molecular weight excluding hydrogens is 1260 g/mol. The van der Waals surface area contributed by atoms with Gasteiger partial charge in [-0.1, -0.05) is 12.1 Å². The fourth-order valence-electron chi connectivity index (χ4n) is 9.00. The number of nitrogens with two attached hydrogens (primary N) is 4. The molecule has 4 amide bonds. The number of phenols is 4. The number of anilines is 8. The van der Waals surface area contributed by atoms with E-state index in [1.807, 2.05) is 49.4 Å². The maximum absolute atomic E-state index is 13.2. The van der Waals surface area contributed by atoms with Crippen molar-refractivity contribution in [3.63, 3.8) is 0 Å². The summed E-state index contributed by atoms with van der Waals surface area (Å²) < 4.78 is 31.3. The summed E-state index contributed by atoms with van der Waals surface area (Å²) in [7, 11) is 1.60. The minimum Gasteiger partial charge on any atom is -0.507 e. The van der Waals surface area contributed by atoms with Gasteiger partial charge in [0.15, 0.2) is 0 Å². The van der Waals surface area contributed by atoms with E-state index in [0.29, 0.717) is 74.2 Å². The first kappa shape index (κ1) is 68.4. The van der Waals surface area contributed by atoms with Crippen LogP contribution in [0.1, 0.15) is 52.6 Å². The van der Waals surface area contributed by atoms with Crippen molar-refractivity contribution >= 4 is 70.2 Å². The van der Waals surface area contributed by atoms with Gasteiger partial charge in [0, 0.05) is 69.8 Å². The number of primary amides is 4. The molecule has 492 valence electrons. The van der Waals surface area contributed by atoms with Gasteiger partial charge in [-0.3, -0.25) is 19.2 Å². The number of aromatic nitrogens is 8. The number of carbonyl (C=O) groups excluding carboxylic acids is 4. The number of amides is 4. The van der Waals surface area contributed by atoms with Gasteiger partial charge >= 0.3 is 0 Å². The van der Waals surface area contributed by atoms with Crippen LogP contribution in [0.15, 0.2) is 213 Å². The number of benzene rings is 8. The summed E-state index contributed by atoms with van der Waals surface area (Å²) in [5, 5.41) is 50.8. The third-order valence-corrected chi connectivity index (χ3v) is 14.1. The smallest absolute Gasteiger partial charge is 0.252 e. The highest BCUT2D eigenvalue weighted by Gasteiger charge is 2.16. The van der Waals surface area contributed by atoms with Crippen molar-refractivity contribution in [2.24, 2.45) is 22.9 Å². The highest BCUT2D eigenvalue weighted by Crippen LogP contribution is 2.31. The molecule has 0 spiro atoms. The van der Waals surface area contributed by atoms with E-state index in [1.165, 1.54) is 90.1 Å². The van der Waals surface area contributed by atoms with Gasteiger partial charge in [0.05, 0.1) is 52.1 Å². The normalized spacial score (nSPS) is 10.4. The van der Waals surface area contributed by atoms with E-state index >= 15 is 0 Å². The molecule has 27 heteroatoms. The molecule has 0 fully saturated rings. The highest BCUT2D eigenvalue weighted by atomic mass is 19.1. The number of aromatic hydroxyl groups is 4. The summed E-state index contributed by atoms with van der Waals surface area (Å²) in [4.78, 5) is 79.6. The van der Waals surface area contributed by atoms with Crippen LogP contribution in [0.25, 0.3) is 45.0 Å². The summed E-state index contributed by atoms with van der Waals surface area (Å²) in [6.07, 6.45) is 6.30. The zero-order valence-electron chi connectivity index (χ0n) is 52.2. The number of carbonyl (C=O) groups is 4. The molecule has 0 radical (unpaired) electrons. The number of halogens is 2. The zero-order valence-corrected chi connectivity index (χ0v) is 52.2. The third kappa shape index (κ3) is 18.4. The Kier molecular flexibility index (Phi) is 22.0. The summed E-state index contributed by atoms with van der Waals surface area (Å²) in [6.45, 7) is 4.09. The van der Waals surface area contributed by atoms with Crippen LogP contribution in [0, 0.1) is 25.5 Å². The molecule has 12 aromatic rings. The summed E-state index contributed by atoms with van der Waals surface area (Å²) >= 11 is 0. The number of rotatable bonds is 17. The van der Waals surface area contributed by atoms with Crippen LogP contribution in [-0.4, -0.2) is 91.0 Å². The second kappa shape index (κ2) is 31.6. The molecule has 0 aliphatic heterocycles. The number of hydrogen-bond acceptors (Lipinski definition) is 21. The third-order valence-electron chi connectivity index (χ3n) is 14.1. The number of nitrogens with one attached hydrogen (secondary N) is 4. The molecule has 8 aromatic carbocycles. The molecule has 4 aromatic heterocycles. The Morgan fingerprint density at radius 3 is 0.990 bits per heavy atom. The van der Waals surface area contributed by atoms with E-state index in [2.05, 4.69) is 68.1 Å². The fourth-order valence-corrected chi connectivity index (χ4v) is 9.00. The Morgan fingerprint density at radius 2 is 0.673 bits per heavy atom. The largest absolute Gasteiger partial charge is 0.507 e. The monoisotopic (exact) mass is 1320 g/mol. The molecule has 0 bridgehead atoms. The molecular formula is C71H60F2N16O9. The van der Waals surface area contributed by atoms with Gasteiger partial charge < -0.3 is 69.4 Å². The van der Waals surface area contributed by atoms with Gasteiger partial charge in [0.1, 0.15) is 40.4 Å². The maximum Gasteiger partial charge on any atom is 0.252 e. The Morgan fingerprint density at radius 1 is 0.357 bits per heavy atom. The number of aryl methyl sites for hydroxylation is 2. The predicted molar refractivity (Wildman–Crippen MR) is 365 cm³/mol. The zero-order chi connectivity index (χ0) is 70.0. The van der Waals surface area contributed by atoms with Crippen molar-refractivity contribution in [3.8, 4) is 73.8 Å². The summed E-state index contributed by atoms with van der Waals surface area (Å²) in [5.74, 6) is -2.10. The average molecular weight is 1320 g/mol. The first-order chi connectivity index (χ1) is 47.0. The topological polar surface area (TPSA) is 414 Å². The molecule has 98 heavy (non-hydrogen) atoms. The molecule has 0 aliphatic carbocycles. The van der Waals surface area contributed by atoms with E-state index in [1.54, 1.807) is 98.5 Å². The number of hydrogen-bond donors (Lipinski definition) is 12. The molecule has 0 saturated carbocycles. The van der Waals surface area contributed by atoms with Crippen LogP contribution in [0.5, 0.6) is 28.7 Å². The lowest BCUT2D eigenvalue weighted by molar-refractivity contribution is 0.0989. The van der Waals surface area contributed by atoms with E-state index in [-0.39, 0.29) is 62.8 Å². The molecule has 12 rings (SSSR count). The van der Waals surface area contributed by atoms with Crippen LogP contribution in [0.4, 0.5) is 55.3 Å². The minimum absolute atomic E-state index is 0.00533. The van der Waals surface area contributed by atoms with E-state index in [9.17, 15) is 48.4 Å². The average Bonchev–Trinajstić information content (AvgIpc) is 0.957. The van der Waals surface area contributed by atoms with Crippen LogP contribution >= 0.6 is 0 Å². The van der Waals surface area contributed by atoms with E-state index in [0.717, 1.165) is 17.1 Å². The van der Waals surface area contributed by atoms with E-state index in [4.69, 9.17) is 27.7 Å². The quantitative estimate of drug-likeness (QED) is 0.0403. The summed E-state index contributed by atoms with van der Waals surface area (Å²) in [6, 6.07) is 49.9. The van der Waals surface area contributed by atoms with E-state index < -0.39 is 23.6 Å². The fraction of sp³-hybridized carbons (Fsp3) is 0.0423. The standard InChI is InChI=1S/C19H18N4O2.C18H16N4O3.2C17H13FN4O2/c1-11-3-5-14(9-12(11)2)22-19-21-8-7-16(23-19)13-4-6-17(24)15(10-13)18(20)25;1-25-13-5-3-12(4-6-13)21-18-20-9-8-15(22-18)11-2-7-16(23)14(10-11)17(19)24;18-11-2-4-12(5-3-11)21-17-20-8-7-14(22-17)10-1-6-15(23)13(9-10)16(19)24;18-11-2-1-3-12(9-11)21-17-20-7-6-14(22-17)10-4-5-15(23)13(8-10)16(19)24/h3-10,24H,1-2H3,(H2,20,25)(H,21,22,23);2-10,23H,1H3,(H2,19,24)(H,20,21,22);2*1-9,23H,(H2,19,24)(H,20,21,22). The lowest BCUT2D eigenvalue weighted by Crippen LogP contribution is -2.11. The SMILES string of the molecule is COc1ccc(Nc2nccc(-c3ccc(O)c(C(N)=O)c3)n2)cc1.Cc1ccc(Nc2nccc(-c3ccc(O)c(C(N)=O)c3)n2)cc1C.NC(=O)c1cc(-c2ccnc(Nc3ccc(F)cc3)n2)ccc1O.NC(=O)c1cc(-c2ccnc(Nc3cccc(F)c3)n2)ccc1O. The number of methoxy groups -OCH3 is 1. The van der Waals surface area contributed by atoms with Crippen molar-refractivity contribution in [2.45, 2.75) is 13.8 Å². The Bertz CT molecular complexity index is 4900. The van der Waals surface area contributed by atoms with Gasteiger partial charge in [0.25, 0.3) is 23.6 Å². The molecule has 0 aliphatic rings. The van der Waals surface area contributed by atoms with Gasteiger partial charge in [-0.2, -0.15) is 0 Å². The van der Waals surface area contributed by atoms with Crippen molar-refractivity contribution in [3.05, 3.63) is 258 Å². The first-order valence-electron chi connectivity index (χ1n) is 29.2. The molecule has 0 saturated heterocycles. The van der Waals surface area contributed by atoms with Gasteiger partial charge in [0.2, 0.25) is 23.8 Å². The van der Waals surface area contributed by atoms with Crippen LogP contribution in [-0.2, 0) is 0 Å². The van der Waals surface area contributed by atoms with Gasteiger partial charge in [-0.25, -0.2) is 48.7 Å². The lowest BCUT2D eigenvalue weighted by atomic mass is 10.1. The molecule has 25 nitrogen and oxygen atoms in total. The number of ether oxygens (including phenoxy) is 1. The number of nitrogens with zero attached hydrogens (tertiary/aromatic N) is 8. The van der Waals surface area contributed by atoms with Gasteiger partial charge in [-0.15, -0.1) is 0 Å². The van der Waals surface area contributed by atoms with Crippen LogP contribution < -0.4 is 48.9 Å². The first-order valence-corrected chi connectivity index (χ1v) is 29.2. The second-order valence-electron chi connectivity index (χ2n) is 21.0. The Balaban J connectivity index is 0.000000153. The molecule has 4 heterocycles. The van der Waals surface area contributed by atoms with Crippen molar-refractivity contribution in [1.82, 2.24) is 39.9 Å². The minimum atomic E-state index is -0.735. The highest BCUT2D eigenvalue weighted by molar-refractivity contribution is 5.99. The Hall–Kier alpha value is -14.0. The predicted octanol–water partition coefficient (Wildman–Crippen LogP) is 11.7. The molecule has 0 atom stereocenters. The van der Waals surface area contributed by atoms with Crippen molar-refractivity contribution in [2.75, 3.05) is 28.4 Å². The van der Waals surface area contributed by atoms with Crippen molar-refractivity contribution < 1.29 is 53.1 Å². The van der Waals surface area contributed by atoms with Crippen LogP contribution in [0.3, 0.4) is 0 Å². The summed E-state index contributed by atoms with van der Waals surface area (Å²) in [5.41, 5.74) is 31.1. The van der Waals surface area contributed by atoms with Crippen LogP contribution in [0.2, 0.25) is 0 Å². The van der Waals surface area contributed by atoms with Gasteiger partial charge in [-0.05, 0) is 201 Å². The lowest BCUT2D eigenvalue weighted by Gasteiger charge is -2.09.